The van der Waals surface area contributed by atoms with Crippen molar-refractivity contribution in [1.29, 1.82) is 0 Å². The van der Waals surface area contributed by atoms with Gasteiger partial charge in [0.05, 0.1) is 18.3 Å². The Labute approximate surface area is 149 Å². The summed E-state index contributed by atoms with van der Waals surface area (Å²) in [5.41, 5.74) is 2.77. The van der Waals surface area contributed by atoms with Crippen LogP contribution in [0.1, 0.15) is 6.42 Å². The number of alkyl halides is 1. The Morgan fingerprint density at radius 1 is 1.31 bits per heavy atom. The number of anilines is 1. The number of aryl methyl sites for hydroxylation is 1. The van der Waals surface area contributed by atoms with E-state index in [0.717, 1.165) is 22.0 Å². The van der Waals surface area contributed by atoms with Gasteiger partial charge in [-0.2, -0.15) is 5.10 Å². The van der Waals surface area contributed by atoms with E-state index in [1.54, 1.807) is 21.8 Å². The molecule has 0 aliphatic carbocycles. The Kier molecular flexibility index (Phi) is 4.34. The second-order valence-corrected chi connectivity index (χ2v) is 6.58. The zero-order valence-corrected chi connectivity index (χ0v) is 14.4. The zero-order chi connectivity index (χ0) is 18.1. The van der Waals surface area contributed by atoms with Gasteiger partial charge in [0.1, 0.15) is 6.17 Å². The van der Waals surface area contributed by atoms with E-state index in [-0.39, 0.29) is 12.5 Å². The summed E-state index contributed by atoms with van der Waals surface area (Å²) >= 11 is 0. The summed E-state index contributed by atoms with van der Waals surface area (Å²) in [6.07, 6.45) is 3.38. The van der Waals surface area contributed by atoms with Crippen LogP contribution in [0.3, 0.4) is 0 Å². The minimum Gasteiger partial charge on any atom is -0.308 e. The van der Waals surface area contributed by atoms with Crippen LogP contribution in [0, 0.1) is 0 Å². The van der Waals surface area contributed by atoms with Crippen molar-refractivity contribution in [2.24, 2.45) is 7.05 Å². The molecular formula is C18H19FN6O. The van der Waals surface area contributed by atoms with E-state index in [4.69, 9.17) is 0 Å². The highest BCUT2D eigenvalue weighted by molar-refractivity contribution is 5.93. The number of hydrogen-bond donors (Lipinski definition) is 1. The molecule has 4 rings (SSSR count). The number of hydrogen-bond acceptors (Lipinski definition) is 5. The molecule has 1 amide bonds. The number of amides is 1. The van der Waals surface area contributed by atoms with Crippen molar-refractivity contribution in [1.82, 2.24) is 24.9 Å². The third kappa shape index (κ3) is 3.55. The van der Waals surface area contributed by atoms with Gasteiger partial charge in [-0.25, -0.2) is 4.39 Å². The first-order chi connectivity index (χ1) is 12.6. The summed E-state index contributed by atoms with van der Waals surface area (Å²) in [6.45, 7) is 1.08. The number of nitrogens with zero attached hydrogens (tertiary/aromatic N) is 5. The van der Waals surface area contributed by atoms with Gasteiger partial charge in [0.2, 0.25) is 5.91 Å². The maximum Gasteiger partial charge on any atom is 0.239 e. The highest BCUT2D eigenvalue weighted by Crippen LogP contribution is 2.24. The van der Waals surface area contributed by atoms with E-state index >= 15 is 0 Å². The Balaban J connectivity index is 1.51. The lowest BCUT2D eigenvalue weighted by Crippen LogP contribution is -2.32. The number of aromatic nitrogens is 4. The Hall–Kier alpha value is -2.87. The largest absolute Gasteiger partial charge is 0.308 e. The van der Waals surface area contributed by atoms with Gasteiger partial charge in [-0.05, 0) is 30.2 Å². The van der Waals surface area contributed by atoms with Crippen LogP contribution in [0.5, 0.6) is 0 Å². The molecule has 0 radical (unpaired) electrons. The van der Waals surface area contributed by atoms with Gasteiger partial charge in [0, 0.05) is 37.3 Å². The highest BCUT2D eigenvalue weighted by atomic mass is 19.1. The van der Waals surface area contributed by atoms with E-state index in [9.17, 15) is 9.18 Å². The van der Waals surface area contributed by atoms with Crippen LogP contribution in [0.4, 0.5) is 10.2 Å². The predicted molar refractivity (Wildman–Crippen MR) is 96.3 cm³/mol. The minimum atomic E-state index is -0.839. The van der Waals surface area contributed by atoms with Crippen molar-refractivity contribution in [2.75, 3.05) is 25.0 Å². The van der Waals surface area contributed by atoms with Gasteiger partial charge < -0.3 is 5.32 Å². The number of fused-ring (bicyclic) bond motifs is 1. The number of carbonyl (C=O) groups excluding carboxylic acids is 1. The average Bonchev–Trinajstić information content (AvgIpc) is 3.22. The average molecular weight is 354 g/mol. The van der Waals surface area contributed by atoms with Crippen LogP contribution in [0.2, 0.25) is 0 Å². The van der Waals surface area contributed by atoms with Crippen molar-refractivity contribution in [2.45, 2.75) is 12.6 Å². The maximum absolute atomic E-state index is 13.2. The van der Waals surface area contributed by atoms with Crippen LogP contribution in [0.15, 0.2) is 36.7 Å². The van der Waals surface area contributed by atoms with Crippen LogP contribution in [-0.2, 0) is 11.8 Å². The zero-order valence-electron chi connectivity index (χ0n) is 14.4. The summed E-state index contributed by atoms with van der Waals surface area (Å²) < 4.78 is 14.9. The molecule has 1 aliphatic rings. The molecule has 26 heavy (non-hydrogen) atoms. The van der Waals surface area contributed by atoms with Crippen molar-refractivity contribution in [3.05, 3.63) is 36.7 Å². The molecule has 0 saturated carbocycles. The number of likely N-dealkylation sites (tertiary alicyclic amines) is 1. The smallest absolute Gasteiger partial charge is 0.239 e. The Morgan fingerprint density at radius 2 is 2.19 bits per heavy atom. The lowest BCUT2D eigenvalue weighted by atomic mass is 10.1. The number of nitrogens with one attached hydrogen (secondary N) is 1. The molecular weight excluding hydrogens is 335 g/mol. The normalized spacial score (nSPS) is 17.7. The second kappa shape index (κ2) is 6.80. The molecule has 1 aliphatic heterocycles. The molecule has 0 bridgehead atoms. The minimum absolute atomic E-state index is 0.163. The number of benzene rings is 1. The molecule has 7 nitrogen and oxygen atoms in total. The molecule has 1 aromatic carbocycles. The van der Waals surface area contributed by atoms with Crippen molar-refractivity contribution >= 4 is 22.6 Å². The fourth-order valence-corrected chi connectivity index (χ4v) is 3.17. The van der Waals surface area contributed by atoms with Gasteiger partial charge in [0.25, 0.3) is 0 Å². The third-order valence-corrected chi connectivity index (χ3v) is 4.47. The summed E-state index contributed by atoms with van der Waals surface area (Å²) in [5.74, 6) is 0.179. The summed E-state index contributed by atoms with van der Waals surface area (Å²) in [7, 11) is 1.87. The van der Waals surface area contributed by atoms with Gasteiger partial charge in [-0.1, -0.05) is 6.07 Å². The van der Waals surface area contributed by atoms with Crippen molar-refractivity contribution in [3.8, 4) is 11.1 Å². The maximum atomic E-state index is 13.2. The third-order valence-electron chi connectivity index (χ3n) is 4.47. The molecule has 0 unspecified atom stereocenters. The fourth-order valence-electron chi connectivity index (χ4n) is 3.17. The molecule has 3 aromatic rings. The molecule has 1 N–H and O–H groups in total. The first-order valence-electron chi connectivity index (χ1n) is 8.49. The summed E-state index contributed by atoms with van der Waals surface area (Å²) in [6, 6.07) is 7.64. The van der Waals surface area contributed by atoms with Gasteiger partial charge in [-0.3, -0.25) is 14.4 Å². The molecule has 1 saturated heterocycles. The van der Waals surface area contributed by atoms with E-state index in [1.807, 2.05) is 31.4 Å². The van der Waals surface area contributed by atoms with Crippen LogP contribution >= 0.6 is 0 Å². The highest BCUT2D eigenvalue weighted by Gasteiger charge is 2.23. The van der Waals surface area contributed by atoms with E-state index in [2.05, 4.69) is 20.6 Å². The number of carbonyl (C=O) groups is 1. The number of halogens is 1. The molecule has 2 aromatic heterocycles. The van der Waals surface area contributed by atoms with Crippen LogP contribution in [0.25, 0.3) is 22.0 Å². The molecule has 0 spiro atoms. The molecule has 134 valence electrons. The van der Waals surface area contributed by atoms with Crippen molar-refractivity contribution < 1.29 is 9.18 Å². The summed E-state index contributed by atoms with van der Waals surface area (Å²) in [4.78, 5) is 13.9. The molecule has 1 atom stereocenters. The van der Waals surface area contributed by atoms with Crippen LogP contribution < -0.4 is 5.32 Å². The molecule has 8 heteroatoms. The van der Waals surface area contributed by atoms with Gasteiger partial charge in [0.15, 0.2) is 5.82 Å². The van der Waals surface area contributed by atoms with Crippen molar-refractivity contribution in [3.63, 3.8) is 0 Å². The van der Waals surface area contributed by atoms with Crippen LogP contribution in [-0.4, -0.2) is 56.6 Å². The Bertz CT molecular complexity index is 956. The van der Waals surface area contributed by atoms with E-state index < -0.39 is 6.17 Å². The fraction of sp³-hybridized carbons (Fsp3) is 0.333. The first kappa shape index (κ1) is 16.6. The van der Waals surface area contributed by atoms with Gasteiger partial charge in [-0.15, -0.1) is 10.2 Å². The van der Waals surface area contributed by atoms with E-state index in [1.165, 1.54) is 0 Å². The summed E-state index contributed by atoms with van der Waals surface area (Å²) in [5, 5.41) is 16.0. The predicted octanol–water partition coefficient (Wildman–Crippen LogP) is 2.01. The molecule has 1 fully saturated rings. The second-order valence-electron chi connectivity index (χ2n) is 6.58. The SMILES string of the molecule is Cn1cc(-c2ccc3nnc(NC(=O)CN4CC[C@@H](F)C4)cc3c2)cn1. The number of rotatable bonds is 4. The first-order valence-corrected chi connectivity index (χ1v) is 8.49. The Morgan fingerprint density at radius 3 is 2.92 bits per heavy atom. The standard InChI is InChI=1S/C18H19FN6O/c1-24-9-14(8-20-24)12-2-3-16-13(6-12)7-17(23-22-16)21-18(26)11-25-5-4-15(19)10-25/h2-3,6-9,15H,4-5,10-11H2,1H3,(H,21,23,26)/t15-/m1/s1. The monoisotopic (exact) mass is 354 g/mol. The molecule has 3 heterocycles. The topological polar surface area (TPSA) is 75.9 Å². The quantitative estimate of drug-likeness (QED) is 0.776. The lowest BCUT2D eigenvalue weighted by molar-refractivity contribution is -0.117. The van der Waals surface area contributed by atoms with Gasteiger partial charge >= 0.3 is 0 Å². The lowest BCUT2D eigenvalue weighted by Gasteiger charge is -2.13. The van der Waals surface area contributed by atoms with E-state index in [0.29, 0.717) is 25.3 Å².